The Hall–Kier alpha value is -2.67. The number of non-ortho nitro benzene ring substituents is 1. The number of anilines is 2. The molecule has 0 fully saturated rings. The van der Waals surface area contributed by atoms with Crippen LogP contribution in [0, 0.1) is 17.0 Å². The Morgan fingerprint density at radius 3 is 2.76 bits per heavy atom. The van der Waals surface area contributed by atoms with Gasteiger partial charge in [0, 0.05) is 18.3 Å². The van der Waals surface area contributed by atoms with Crippen molar-refractivity contribution in [3.8, 4) is 0 Å². The molecule has 2 rings (SSSR count). The van der Waals surface area contributed by atoms with E-state index in [-0.39, 0.29) is 22.0 Å². The van der Waals surface area contributed by atoms with Crippen LogP contribution < -0.4 is 11.1 Å². The van der Waals surface area contributed by atoms with Crippen molar-refractivity contribution >= 4 is 34.7 Å². The van der Waals surface area contributed by atoms with Crippen molar-refractivity contribution in [3.63, 3.8) is 0 Å². The minimum absolute atomic E-state index is 0.0209. The first-order chi connectivity index (χ1) is 9.88. The summed E-state index contributed by atoms with van der Waals surface area (Å²) in [6, 6.07) is 5.60. The molecule has 1 aromatic heterocycles. The Labute approximate surface area is 124 Å². The molecule has 1 heterocycles. The van der Waals surface area contributed by atoms with Crippen molar-refractivity contribution in [2.45, 2.75) is 6.92 Å². The lowest BCUT2D eigenvalue weighted by atomic mass is 10.1. The molecule has 21 heavy (non-hydrogen) atoms. The van der Waals surface area contributed by atoms with Gasteiger partial charge in [-0.05, 0) is 24.6 Å². The lowest BCUT2D eigenvalue weighted by Crippen LogP contribution is -2.15. The molecule has 0 aliphatic heterocycles. The summed E-state index contributed by atoms with van der Waals surface area (Å²) in [5.74, 6) is -0.293. The maximum Gasteiger partial charge on any atom is 0.271 e. The number of rotatable bonds is 3. The number of nitro benzene ring substituents is 1. The predicted molar refractivity (Wildman–Crippen MR) is 79.4 cm³/mol. The van der Waals surface area contributed by atoms with Gasteiger partial charge in [0.2, 0.25) is 0 Å². The van der Waals surface area contributed by atoms with Crippen molar-refractivity contribution in [1.29, 1.82) is 0 Å². The number of carbonyl (C=O) groups is 1. The third-order valence-electron chi connectivity index (χ3n) is 2.73. The number of nitrogen functional groups attached to an aromatic ring is 1. The van der Waals surface area contributed by atoms with Gasteiger partial charge in [0.1, 0.15) is 5.82 Å². The van der Waals surface area contributed by atoms with Crippen molar-refractivity contribution in [2.24, 2.45) is 0 Å². The lowest BCUT2D eigenvalue weighted by molar-refractivity contribution is -0.384. The van der Waals surface area contributed by atoms with E-state index in [1.165, 1.54) is 6.20 Å². The molecule has 0 radical (unpaired) electrons. The molecule has 1 aromatic carbocycles. The molecule has 0 saturated heterocycles. The van der Waals surface area contributed by atoms with Crippen LogP contribution in [0.3, 0.4) is 0 Å². The molecule has 0 spiro atoms. The minimum Gasteiger partial charge on any atom is -0.397 e. The first-order valence-corrected chi connectivity index (χ1v) is 6.23. The SMILES string of the molecule is Cc1ccnc(NC(=O)c2cc([N+](=O)[O-])cc(Cl)c2N)c1. The van der Waals surface area contributed by atoms with Gasteiger partial charge in [0.25, 0.3) is 11.6 Å². The van der Waals surface area contributed by atoms with Crippen LogP contribution in [0.25, 0.3) is 0 Å². The summed E-state index contributed by atoms with van der Waals surface area (Å²) >= 11 is 5.81. The summed E-state index contributed by atoms with van der Waals surface area (Å²) < 4.78 is 0. The Balaban J connectivity index is 2.37. The number of hydrogen-bond acceptors (Lipinski definition) is 5. The number of amides is 1. The average Bonchev–Trinajstić information content (AvgIpc) is 2.41. The number of carbonyl (C=O) groups excluding carboxylic acids is 1. The van der Waals surface area contributed by atoms with Crippen LogP contribution in [0.2, 0.25) is 5.02 Å². The molecular weight excluding hydrogens is 296 g/mol. The first kappa shape index (κ1) is 14.7. The number of halogens is 1. The number of aromatic nitrogens is 1. The van der Waals surface area contributed by atoms with Crippen molar-refractivity contribution in [3.05, 3.63) is 56.7 Å². The van der Waals surface area contributed by atoms with Gasteiger partial charge >= 0.3 is 0 Å². The predicted octanol–water partition coefficient (Wildman–Crippen LogP) is 2.79. The second-order valence-corrected chi connectivity index (χ2v) is 4.73. The summed E-state index contributed by atoms with van der Waals surface area (Å²) in [6.07, 6.45) is 1.54. The fourth-order valence-corrected chi connectivity index (χ4v) is 1.90. The van der Waals surface area contributed by atoms with E-state index >= 15 is 0 Å². The van der Waals surface area contributed by atoms with Gasteiger partial charge in [-0.25, -0.2) is 4.98 Å². The molecule has 8 heteroatoms. The second kappa shape index (κ2) is 5.76. The molecule has 2 aromatic rings. The highest BCUT2D eigenvalue weighted by Crippen LogP contribution is 2.29. The Kier molecular flexibility index (Phi) is 4.04. The molecule has 0 aliphatic carbocycles. The maximum atomic E-state index is 12.2. The van der Waals surface area contributed by atoms with Gasteiger partial charge in [0.05, 0.1) is 21.2 Å². The Morgan fingerprint density at radius 2 is 2.14 bits per heavy atom. The van der Waals surface area contributed by atoms with Crippen LogP contribution in [0.4, 0.5) is 17.2 Å². The zero-order valence-electron chi connectivity index (χ0n) is 11.0. The van der Waals surface area contributed by atoms with Crippen LogP contribution >= 0.6 is 11.6 Å². The zero-order chi connectivity index (χ0) is 15.6. The number of hydrogen-bond donors (Lipinski definition) is 2. The van der Waals surface area contributed by atoms with Crippen LogP contribution in [0.1, 0.15) is 15.9 Å². The second-order valence-electron chi connectivity index (χ2n) is 4.32. The van der Waals surface area contributed by atoms with Gasteiger partial charge in [-0.1, -0.05) is 11.6 Å². The van der Waals surface area contributed by atoms with E-state index in [1.807, 2.05) is 6.92 Å². The van der Waals surface area contributed by atoms with Crippen molar-refractivity contribution in [1.82, 2.24) is 4.98 Å². The molecule has 0 unspecified atom stereocenters. The number of nitrogens with zero attached hydrogens (tertiary/aromatic N) is 2. The van der Waals surface area contributed by atoms with E-state index in [0.717, 1.165) is 17.7 Å². The molecule has 1 amide bonds. The molecule has 7 nitrogen and oxygen atoms in total. The molecule has 0 bridgehead atoms. The number of nitrogens with one attached hydrogen (secondary N) is 1. The topological polar surface area (TPSA) is 111 Å². The first-order valence-electron chi connectivity index (χ1n) is 5.86. The summed E-state index contributed by atoms with van der Waals surface area (Å²) in [7, 11) is 0. The van der Waals surface area contributed by atoms with Crippen LogP contribution in [0.15, 0.2) is 30.5 Å². The lowest BCUT2D eigenvalue weighted by Gasteiger charge is -2.08. The van der Waals surface area contributed by atoms with E-state index < -0.39 is 10.8 Å². The summed E-state index contributed by atoms with van der Waals surface area (Å²) in [6.45, 7) is 1.84. The highest BCUT2D eigenvalue weighted by atomic mass is 35.5. The quantitative estimate of drug-likeness (QED) is 0.514. The van der Waals surface area contributed by atoms with Crippen LogP contribution in [-0.4, -0.2) is 15.8 Å². The van der Waals surface area contributed by atoms with E-state index in [0.29, 0.717) is 5.82 Å². The molecular formula is C13H11ClN4O3. The van der Waals surface area contributed by atoms with E-state index in [1.54, 1.807) is 12.1 Å². The molecule has 0 saturated carbocycles. The van der Waals surface area contributed by atoms with E-state index in [2.05, 4.69) is 10.3 Å². The number of aryl methyl sites for hydroxylation is 1. The van der Waals surface area contributed by atoms with Crippen molar-refractivity contribution in [2.75, 3.05) is 11.1 Å². The summed E-state index contributed by atoms with van der Waals surface area (Å²) in [5, 5.41) is 13.3. The fourth-order valence-electron chi connectivity index (χ4n) is 1.68. The largest absolute Gasteiger partial charge is 0.397 e. The van der Waals surface area contributed by atoms with Gasteiger partial charge in [-0.3, -0.25) is 14.9 Å². The number of nitrogens with two attached hydrogens (primary N) is 1. The number of pyridine rings is 1. The van der Waals surface area contributed by atoms with Gasteiger partial charge in [0.15, 0.2) is 0 Å². The summed E-state index contributed by atoms with van der Waals surface area (Å²) in [4.78, 5) is 26.3. The average molecular weight is 307 g/mol. The Bertz CT molecular complexity index is 733. The Morgan fingerprint density at radius 1 is 1.43 bits per heavy atom. The third-order valence-corrected chi connectivity index (χ3v) is 3.04. The van der Waals surface area contributed by atoms with E-state index in [4.69, 9.17) is 17.3 Å². The molecule has 108 valence electrons. The van der Waals surface area contributed by atoms with Gasteiger partial charge < -0.3 is 11.1 Å². The molecule has 0 aliphatic rings. The standard InChI is InChI=1S/C13H11ClN4O3/c1-7-2-3-16-11(4-7)17-13(19)9-5-8(18(20)21)6-10(14)12(9)15/h2-6H,15H2,1H3,(H,16,17,19). The summed E-state index contributed by atoms with van der Waals surface area (Å²) in [5.41, 5.74) is 6.21. The fraction of sp³-hybridized carbons (Fsp3) is 0.0769. The zero-order valence-corrected chi connectivity index (χ0v) is 11.7. The minimum atomic E-state index is -0.646. The highest BCUT2D eigenvalue weighted by Gasteiger charge is 2.19. The van der Waals surface area contributed by atoms with Gasteiger partial charge in [-0.15, -0.1) is 0 Å². The monoisotopic (exact) mass is 306 g/mol. The van der Waals surface area contributed by atoms with Crippen LogP contribution in [-0.2, 0) is 0 Å². The van der Waals surface area contributed by atoms with Gasteiger partial charge in [-0.2, -0.15) is 0 Å². The smallest absolute Gasteiger partial charge is 0.271 e. The highest BCUT2D eigenvalue weighted by molar-refractivity contribution is 6.34. The molecule has 3 N–H and O–H groups in total. The van der Waals surface area contributed by atoms with E-state index in [9.17, 15) is 14.9 Å². The third kappa shape index (κ3) is 3.26. The normalized spacial score (nSPS) is 10.2. The van der Waals surface area contributed by atoms with Crippen LogP contribution in [0.5, 0.6) is 0 Å². The number of benzene rings is 1. The number of nitro groups is 1. The van der Waals surface area contributed by atoms with Crippen molar-refractivity contribution < 1.29 is 9.72 Å². The molecule has 0 atom stereocenters. The maximum absolute atomic E-state index is 12.2.